The molecule has 1 fully saturated rings. The lowest BCUT2D eigenvalue weighted by atomic mass is 9.77. The molecule has 3 nitrogen and oxygen atoms in total. The highest BCUT2D eigenvalue weighted by molar-refractivity contribution is 9.10. The van der Waals surface area contributed by atoms with Gasteiger partial charge in [-0.25, -0.2) is 0 Å². The summed E-state index contributed by atoms with van der Waals surface area (Å²) in [5, 5.41) is 3.09. The van der Waals surface area contributed by atoms with Crippen LogP contribution in [0.5, 0.6) is 11.5 Å². The van der Waals surface area contributed by atoms with Crippen molar-refractivity contribution in [1.29, 1.82) is 0 Å². The van der Waals surface area contributed by atoms with Crippen molar-refractivity contribution in [2.45, 2.75) is 37.6 Å². The molecule has 0 heterocycles. The molecule has 1 aliphatic rings. The highest BCUT2D eigenvalue weighted by atomic mass is 79.9. The molecule has 0 spiro atoms. The molecular formula is C14H17BrF3NO2. The van der Waals surface area contributed by atoms with E-state index in [-0.39, 0.29) is 15.8 Å². The van der Waals surface area contributed by atoms with Gasteiger partial charge in [-0.3, -0.25) is 0 Å². The third kappa shape index (κ3) is 4.51. The Morgan fingerprint density at radius 3 is 2.52 bits per heavy atom. The van der Waals surface area contributed by atoms with Gasteiger partial charge in [0.1, 0.15) is 17.1 Å². The van der Waals surface area contributed by atoms with E-state index in [2.05, 4.69) is 26.0 Å². The first kappa shape index (κ1) is 16.4. The molecule has 0 radical (unpaired) electrons. The van der Waals surface area contributed by atoms with Gasteiger partial charge in [-0.1, -0.05) is 0 Å². The fraction of sp³-hybridized carbons (Fsp3) is 0.571. The van der Waals surface area contributed by atoms with Crippen LogP contribution in [0.3, 0.4) is 0 Å². The van der Waals surface area contributed by atoms with Crippen molar-refractivity contribution in [3.8, 4) is 11.5 Å². The molecule has 1 aliphatic carbocycles. The van der Waals surface area contributed by atoms with E-state index in [9.17, 15) is 13.2 Å². The summed E-state index contributed by atoms with van der Waals surface area (Å²) in [5.74, 6) is 0.278. The predicted octanol–water partition coefficient (Wildman–Crippen LogP) is 4.26. The molecule has 7 heteroatoms. The van der Waals surface area contributed by atoms with E-state index in [1.807, 2.05) is 7.05 Å². The second-order valence-electron chi connectivity index (χ2n) is 5.13. The van der Waals surface area contributed by atoms with Crippen LogP contribution >= 0.6 is 15.9 Å². The molecule has 1 saturated carbocycles. The number of ether oxygens (including phenoxy) is 2. The lowest BCUT2D eigenvalue weighted by molar-refractivity contribution is -0.274. The van der Waals surface area contributed by atoms with Crippen LogP contribution in [0.15, 0.2) is 22.7 Å². The summed E-state index contributed by atoms with van der Waals surface area (Å²) < 4.78 is 46.8. The van der Waals surface area contributed by atoms with Crippen molar-refractivity contribution in [3.05, 3.63) is 22.7 Å². The standard InChI is InChI=1S/C14H17BrF3NO2/c1-19-8-7-13(5-2-6-13)20-10-3-4-12(11(15)9-10)21-14(16,17)18/h3-4,9,19H,2,5-8H2,1H3. The highest BCUT2D eigenvalue weighted by Crippen LogP contribution is 2.41. The average Bonchev–Trinajstić information content (AvgIpc) is 2.34. The van der Waals surface area contributed by atoms with Gasteiger partial charge < -0.3 is 14.8 Å². The van der Waals surface area contributed by atoms with Crippen LogP contribution in [0.4, 0.5) is 13.2 Å². The SMILES string of the molecule is CNCCC1(Oc2ccc(OC(F)(F)F)c(Br)c2)CCC1. The molecule has 21 heavy (non-hydrogen) atoms. The summed E-state index contributed by atoms with van der Waals surface area (Å²) in [5.41, 5.74) is -0.200. The average molecular weight is 368 g/mol. The van der Waals surface area contributed by atoms with Gasteiger partial charge >= 0.3 is 6.36 Å². The van der Waals surface area contributed by atoms with E-state index in [1.54, 1.807) is 0 Å². The third-order valence-electron chi connectivity index (χ3n) is 3.56. The van der Waals surface area contributed by atoms with Gasteiger partial charge in [-0.05, 0) is 73.4 Å². The van der Waals surface area contributed by atoms with Gasteiger partial charge in [0, 0.05) is 0 Å². The minimum Gasteiger partial charge on any atom is -0.487 e. The quantitative estimate of drug-likeness (QED) is 0.814. The largest absolute Gasteiger partial charge is 0.573 e. The molecule has 0 atom stereocenters. The van der Waals surface area contributed by atoms with Crippen LogP contribution in [0.1, 0.15) is 25.7 Å². The molecule has 0 aliphatic heterocycles. The van der Waals surface area contributed by atoms with Crippen molar-refractivity contribution in [2.75, 3.05) is 13.6 Å². The number of alkyl halides is 3. The number of hydrogen-bond donors (Lipinski definition) is 1. The van der Waals surface area contributed by atoms with Gasteiger partial charge in [-0.2, -0.15) is 0 Å². The second kappa shape index (κ2) is 6.44. The monoisotopic (exact) mass is 367 g/mol. The Balaban J connectivity index is 2.06. The number of halogens is 4. The topological polar surface area (TPSA) is 30.5 Å². The summed E-state index contributed by atoms with van der Waals surface area (Å²) in [4.78, 5) is 0. The van der Waals surface area contributed by atoms with Crippen molar-refractivity contribution < 1.29 is 22.6 Å². The zero-order valence-electron chi connectivity index (χ0n) is 11.6. The molecule has 0 aromatic heterocycles. The molecule has 0 unspecified atom stereocenters. The van der Waals surface area contributed by atoms with Crippen LogP contribution in [0, 0.1) is 0 Å². The molecule has 1 N–H and O–H groups in total. The molecule has 1 aromatic carbocycles. The highest BCUT2D eigenvalue weighted by Gasteiger charge is 2.39. The lowest BCUT2D eigenvalue weighted by Gasteiger charge is -2.42. The number of nitrogens with one attached hydrogen (secondary N) is 1. The maximum absolute atomic E-state index is 12.2. The third-order valence-corrected chi connectivity index (χ3v) is 4.18. The predicted molar refractivity (Wildman–Crippen MR) is 76.6 cm³/mol. The Morgan fingerprint density at radius 1 is 1.33 bits per heavy atom. The Bertz CT molecular complexity index is 490. The number of benzene rings is 1. The normalized spacial score (nSPS) is 17.2. The number of hydrogen-bond acceptors (Lipinski definition) is 3. The first-order chi connectivity index (χ1) is 9.84. The lowest BCUT2D eigenvalue weighted by Crippen LogP contribution is -2.45. The summed E-state index contributed by atoms with van der Waals surface area (Å²) in [6, 6.07) is 4.28. The van der Waals surface area contributed by atoms with E-state index in [4.69, 9.17) is 4.74 Å². The zero-order chi connectivity index (χ0) is 15.5. The molecule has 0 amide bonds. The van der Waals surface area contributed by atoms with Crippen LogP contribution in [0.25, 0.3) is 0 Å². The van der Waals surface area contributed by atoms with Gasteiger partial charge in [0.2, 0.25) is 0 Å². The summed E-state index contributed by atoms with van der Waals surface area (Å²) >= 11 is 3.08. The fourth-order valence-electron chi connectivity index (χ4n) is 2.33. The second-order valence-corrected chi connectivity index (χ2v) is 5.99. The van der Waals surface area contributed by atoms with Gasteiger partial charge in [0.25, 0.3) is 0 Å². The van der Waals surface area contributed by atoms with Crippen LogP contribution in [0.2, 0.25) is 0 Å². The van der Waals surface area contributed by atoms with Crippen LogP contribution in [-0.4, -0.2) is 25.6 Å². The van der Waals surface area contributed by atoms with Crippen molar-refractivity contribution in [3.63, 3.8) is 0 Å². The molecule has 2 rings (SSSR count). The van der Waals surface area contributed by atoms with E-state index in [1.165, 1.54) is 18.2 Å². The maximum Gasteiger partial charge on any atom is 0.573 e. The van der Waals surface area contributed by atoms with E-state index < -0.39 is 6.36 Å². The molecular weight excluding hydrogens is 351 g/mol. The van der Waals surface area contributed by atoms with E-state index in [0.717, 1.165) is 32.2 Å². The Kier molecular flexibility index (Phi) is 5.03. The number of rotatable bonds is 6. The fourth-order valence-corrected chi connectivity index (χ4v) is 2.77. The van der Waals surface area contributed by atoms with Gasteiger partial charge in [0.15, 0.2) is 0 Å². The van der Waals surface area contributed by atoms with E-state index in [0.29, 0.717) is 5.75 Å². The molecule has 118 valence electrons. The smallest absolute Gasteiger partial charge is 0.487 e. The minimum absolute atomic E-state index is 0.200. The Hall–Kier alpha value is -0.950. The Morgan fingerprint density at radius 2 is 2.05 bits per heavy atom. The van der Waals surface area contributed by atoms with Crippen molar-refractivity contribution >= 4 is 15.9 Å². The Labute approximate surface area is 129 Å². The summed E-state index contributed by atoms with van der Waals surface area (Å²) in [6.45, 7) is 0.844. The molecule has 0 bridgehead atoms. The first-order valence-corrected chi connectivity index (χ1v) is 7.52. The zero-order valence-corrected chi connectivity index (χ0v) is 13.2. The molecule has 0 saturated heterocycles. The summed E-state index contributed by atoms with van der Waals surface area (Å²) in [6.07, 6.45) is -0.783. The van der Waals surface area contributed by atoms with Crippen molar-refractivity contribution in [1.82, 2.24) is 5.32 Å². The van der Waals surface area contributed by atoms with Crippen LogP contribution in [-0.2, 0) is 0 Å². The van der Waals surface area contributed by atoms with Crippen molar-refractivity contribution in [2.24, 2.45) is 0 Å². The minimum atomic E-state index is -4.70. The van der Waals surface area contributed by atoms with E-state index >= 15 is 0 Å². The first-order valence-electron chi connectivity index (χ1n) is 6.72. The van der Waals surface area contributed by atoms with Gasteiger partial charge in [-0.15, -0.1) is 13.2 Å². The van der Waals surface area contributed by atoms with Gasteiger partial charge in [0.05, 0.1) is 4.47 Å². The van der Waals surface area contributed by atoms with Crippen LogP contribution < -0.4 is 14.8 Å². The maximum atomic E-state index is 12.2. The molecule has 1 aromatic rings. The summed E-state index contributed by atoms with van der Waals surface area (Å²) in [7, 11) is 1.88.